The molecule has 5 nitrogen and oxygen atoms in total. The molecule has 20 heavy (non-hydrogen) atoms. The Balaban J connectivity index is 1.95. The summed E-state index contributed by atoms with van der Waals surface area (Å²) < 4.78 is 0. The maximum Gasteiger partial charge on any atom is 0.314 e. The molecule has 0 radical (unpaired) electrons. The first-order chi connectivity index (χ1) is 9.60. The van der Waals surface area contributed by atoms with Crippen molar-refractivity contribution in [3.05, 3.63) is 29.8 Å². The van der Waals surface area contributed by atoms with Crippen LogP contribution in [0.5, 0.6) is 0 Å². The SMILES string of the molecule is CCc1ccc(NC(=O)[C@H]2CCCN(C(N)=O)C2)cc1. The molecule has 1 atom stereocenters. The standard InChI is InChI=1S/C15H21N3O2/c1-2-11-5-7-13(8-6-11)17-14(19)12-4-3-9-18(10-12)15(16)20/h5-8,12H,2-4,9-10H2,1H3,(H2,16,20)(H,17,19)/t12-/m0/s1. The van der Waals surface area contributed by atoms with E-state index in [1.165, 1.54) is 10.5 Å². The van der Waals surface area contributed by atoms with E-state index in [1.807, 2.05) is 24.3 Å². The van der Waals surface area contributed by atoms with Gasteiger partial charge < -0.3 is 16.0 Å². The molecule has 0 aromatic heterocycles. The van der Waals surface area contributed by atoms with Gasteiger partial charge in [-0.3, -0.25) is 4.79 Å². The number of nitrogens with two attached hydrogens (primary N) is 1. The number of likely N-dealkylation sites (tertiary alicyclic amines) is 1. The monoisotopic (exact) mass is 275 g/mol. The molecule has 0 unspecified atom stereocenters. The molecule has 1 aromatic carbocycles. The average Bonchev–Trinajstić information content (AvgIpc) is 2.48. The molecule has 1 aliphatic rings. The van der Waals surface area contributed by atoms with Gasteiger partial charge in [-0.05, 0) is 37.0 Å². The number of rotatable bonds is 3. The molecule has 0 spiro atoms. The van der Waals surface area contributed by atoms with Gasteiger partial charge in [-0.1, -0.05) is 19.1 Å². The van der Waals surface area contributed by atoms with Gasteiger partial charge in [-0.15, -0.1) is 0 Å². The first-order valence-electron chi connectivity index (χ1n) is 7.04. The summed E-state index contributed by atoms with van der Waals surface area (Å²) in [7, 11) is 0. The smallest absolute Gasteiger partial charge is 0.314 e. The lowest BCUT2D eigenvalue weighted by atomic mass is 9.97. The summed E-state index contributed by atoms with van der Waals surface area (Å²) >= 11 is 0. The highest BCUT2D eigenvalue weighted by Gasteiger charge is 2.27. The van der Waals surface area contributed by atoms with Crippen molar-refractivity contribution in [3.8, 4) is 0 Å². The van der Waals surface area contributed by atoms with Crippen molar-refractivity contribution >= 4 is 17.6 Å². The van der Waals surface area contributed by atoms with Crippen LogP contribution in [0.25, 0.3) is 0 Å². The van der Waals surface area contributed by atoms with Crippen LogP contribution >= 0.6 is 0 Å². The number of urea groups is 1. The molecule has 1 fully saturated rings. The largest absolute Gasteiger partial charge is 0.351 e. The van der Waals surface area contributed by atoms with Crippen molar-refractivity contribution in [1.82, 2.24) is 4.90 Å². The third-order valence-corrected chi connectivity index (χ3v) is 3.73. The summed E-state index contributed by atoms with van der Waals surface area (Å²) in [6.45, 7) is 3.15. The quantitative estimate of drug-likeness (QED) is 0.885. The highest BCUT2D eigenvalue weighted by atomic mass is 16.2. The molecule has 1 aliphatic heterocycles. The topological polar surface area (TPSA) is 75.4 Å². The van der Waals surface area contributed by atoms with Gasteiger partial charge in [0.2, 0.25) is 5.91 Å². The Labute approximate surface area is 119 Å². The predicted molar refractivity (Wildman–Crippen MR) is 78.3 cm³/mol. The van der Waals surface area contributed by atoms with Gasteiger partial charge in [0.1, 0.15) is 0 Å². The maximum atomic E-state index is 12.2. The molecule has 5 heteroatoms. The Bertz CT molecular complexity index is 484. The van der Waals surface area contributed by atoms with Crippen LogP contribution < -0.4 is 11.1 Å². The van der Waals surface area contributed by atoms with E-state index in [4.69, 9.17) is 5.73 Å². The number of piperidine rings is 1. The van der Waals surface area contributed by atoms with Crippen LogP contribution in [0.2, 0.25) is 0 Å². The summed E-state index contributed by atoms with van der Waals surface area (Å²) in [4.78, 5) is 24.9. The molecule has 0 aliphatic carbocycles. The normalized spacial score (nSPS) is 18.6. The first kappa shape index (κ1) is 14.4. The summed E-state index contributed by atoms with van der Waals surface area (Å²) in [5, 5.41) is 2.90. The van der Waals surface area contributed by atoms with Crippen LogP contribution in [-0.2, 0) is 11.2 Å². The Hall–Kier alpha value is -2.04. The van der Waals surface area contributed by atoms with E-state index in [-0.39, 0.29) is 11.8 Å². The van der Waals surface area contributed by atoms with Crippen LogP contribution in [0, 0.1) is 5.92 Å². The lowest BCUT2D eigenvalue weighted by molar-refractivity contribution is -0.121. The number of anilines is 1. The van der Waals surface area contributed by atoms with Gasteiger partial charge >= 0.3 is 6.03 Å². The van der Waals surface area contributed by atoms with E-state index in [0.717, 1.165) is 24.9 Å². The number of hydrogen-bond donors (Lipinski definition) is 2. The van der Waals surface area contributed by atoms with Gasteiger partial charge in [0.15, 0.2) is 0 Å². The summed E-state index contributed by atoms with van der Waals surface area (Å²) in [6, 6.07) is 7.38. The molecule has 3 amide bonds. The zero-order chi connectivity index (χ0) is 14.5. The second-order valence-corrected chi connectivity index (χ2v) is 5.16. The number of carbonyl (C=O) groups excluding carboxylic acids is 2. The van der Waals surface area contributed by atoms with Crippen LogP contribution in [0.1, 0.15) is 25.3 Å². The molecular formula is C15H21N3O2. The van der Waals surface area contributed by atoms with Crippen molar-refractivity contribution in [2.75, 3.05) is 18.4 Å². The minimum Gasteiger partial charge on any atom is -0.351 e. The average molecular weight is 275 g/mol. The molecule has 1 heterocycles. The zero-order valence-electron chi connectivity index (χ0n) is 11.8. The fraction of sp³-hybridized carbons (Fsp3) is 0.467. The third-order valence-electron chi connectivity index (χ3n) is 3.73. The van der Waals surface area contributed by atoms with Crippen LogP contribution in [0.3, 0.4) is 0 Å². The van der Waals surface area contributed by atoms with E-state index >= 15 is 0 Å². The molecule has 0 bridgehead atoms. The summed E-state index contributed by atoms with van der Waals surface area (Å²) in [5.41, 5.74) is 7.30. The lowest BCUT2D eigenvalue weighted by Crippen LogP contribution is -2.46. The minimum atomic E-state index is -0.449. The van der Waals surface area contributed by atoms with Crippen LogP contribution in [0.15, 0.2) is 24.3 Å². The minimum absolute atomic E-state index is 0.0415. The molecule has 108 valence electrons. The third kappa shape index (κ3) is 3.50. The fourth-order valence-electron chi connectivity index (χ4n) is 2.46. The number of nitrogens with zero attached hydrogens (tertiary/aromatic N) is 1. The number of nitrogens with one attached hydrogen (secondary N) is 1. The number of carbonyl (C=O) groups is 2. The second kappa shape index (κ2) is 6.41. The molecular weight excluding hydrogens is 254 g/mol. The van der Waals surface area contributed by atoms with Crippen molar-refractivity contribution in [2.24, 2.45) is 11.7 Å². The number of amides is 3. The van der Waals surface area contributed by atoms with E-state index in [1.54, 1.807) is 0 Å². The Morgan fingerprint density at radius 2 is 2.05 bits per heavy atom. The highest BCUT2D eigenvalue weighted by molar-refractivity contribution is 5.93. The van der Waals surface area contributed by atoms with Gasteiger partial charge in [-0.25, -0.2) is 4.79 Å². The number of hydrogen-bond acceptors (Lipinski definition) is 2. The summed E-state index contributed by atoms with van der Waals surface area (Å²) in [6.07, 6.45) is 2.59. The fourth-order valence-corrected chi connectivity index (χ4v) is 2.46. The van der Waals surface area contributed by atoms with Crippen molar-refractivity contribution in [3.63, 3.8) is 0 Å². The van der Waals surface area contributed by atoms with Crippen molar-refractivity contribution in [2.45, 2.75) is 26.2 Å². The van der Waals surface area contributed by atoms with Gasteiger partial charge in [0, 0.05) is 18.8 Å². The Kier molecular flexibility index (Phi) is 4.61. The molecule has 3 N–H and O–H groups in total. The first-order valence-corrected chi connectivity index (χ1v) is 7.04. The van der Waals surface area contributed by atoms with Gasteiger partial charge in [0.25, 0.3) is 0 Å². The van der Waals surface area contributed by atoms with E-state index in [9.17, 15) is 9.59 Å². The van der Waals surface area contributed by atoms with Crippen LogP contribution in [-0.4, -0.2) is 29.9 Å². The van der Waals surface area contributed by atoms with Crippen molar-refractivity contribution in [1.29, 1.82) is 0 Å². The Morgan fingerprint density at radius 1 is 1.35 bits per heavy atom. The predicted octanol–water partition coefficient (Wildman–Crippen LogP) is 1.98. The van der Waals surface area contributed by atoms with E-state index < -0.39 is 6.03 Å². The number of primary amides is 1. The second-order valence-electron chi connectivity index (χ2n) is 5.16. The van der Waals surface area contributed by atoms with E-state index in [2.05, 4.69) is 12.2 Å². The zero-order valence-corrected chi connectivity index (χ0v) is 11.8. The number of aryl methyl sites for hydroxylation is 1. The highest BCUT2D eigenvalue weighted by Crippen LogP contribution is 2.19. The molecule has 0 saturated carbocycles. The maximum absolute atomic E-state index is 12.2. The summed E-state index contributed by atoms with van der Waals surface area (Å²) in [5.74, 6) is -0.220. The van der Waals surface area contributed by atoms with Gasteiger partial charge in [0.05, 0.1) is 5.92 Å². The number of benzene rings is 1. The van der Waals surface area contributed by atoms with Crippen molar-refractivity contribution < 1.29 is 9.59 Å². The lowest BCUT2D eigenvalue weighted by Gasteiger charge is -2.30. The molecule has 1 aromatic rings. The van der Waals surface area contributed by atoms with E-state index in [0.29, 0.717) is 13.1 Å². The molecule has 2 rings (SSSR count). The van der Waals surface area contributed by atoms with Gasteiger partial charge in [-0.2, -0.15) is 0 Å². The Morgan fingerprint density at radius 3 is 2.65 bits per heavy atom. The molecule has 1 saturated heterocycles. The van der Waals surface area contributed by atoms with Crippen LogP contribution in [0.4, 0.5) is 10.5 Å².